The summed E-state index contributed by atoms with van der Waals surface area (Å²) in [5.41, 5.74) is 3.81. The first-order valence-electron chi connectivity index (χ1n) is 6.59. The van der Waals surface area contributed by atoms with Crippen LogP contribution in [0.1, 0.15) is 50.2 Å². The Balaban J connectivity index is 2.06. The topological polar surface area (TPSA) is 0 Å². The van der Waals surface area contributed by atoms with Crippen molar-refractivity contribution in [2.75, 3.05) is 0 Å². The van der Waals surface area contributed by atoms with Crippen LogP contribution in [0.3, 0.4) is 0 Å². The number of rotatable bonds is 3. The quantitative estimate of drug-likeness (QED) is 0.655. The first-order valence-corrected chi connectivity index (χ1v) is 6.59. The number of benzene rings is 1. The largest absolute Gasteiger partial charge is 0.115 e. The van der Waals surface area contributed by atoms with Crippen LogP contribution in [0.15, 0.2) is 30.3 Å². The Morgan fingerprint density at radius 1 is 1.29 bits per heavy atom. The summed E-state index contributed by atoms with van der Waals surface area (Å²) >= 11 is 0. The van der Waals surface area contributed by atoms with Crippen molar-refractivity contribution in [1.82, 2.24) is 0 Å². The Morgan fingerprint density at radius 2 is 2.06 bits per heavy atom. The van der Waals surface area contributed by atoms with Gasteiger partial charge in [0.25, 0.3) is 0 Å². The highest BCUT2D eigenvalue weighted by Gasteiger charge is 2.14. The lowest BCUT2D eigenvalue weighted by atomic mass is 9.84. The van der Waals surface area contributed by atoms with Crippen molar-refractivity contribution < 1.29 is 0 Å². The fourth-order valence-electron chi connectivity index (χ4n) is 2.60. The lowest BCUT2D eigenvalue weighted by molar-refractivity contribution is 0.445. The molecule has 1 atom stereocenters. The molecule has 0 bridgehead atoms. The van der Waals surface area contributed by atoms with Crippen molar-refractivity contribution in [1.29, 1.82) is 0 Å². The third-order valence-corrected chi connectivity index (χ3v) is 3.64. The van der Waals surface area contributed by atoms with E-state index in [4.69, 9.17) is 6.42 Å². The minimum absolute atomic E-state index is 0.911. The summed E-state index contributed by atoms with van der Waals surface area (Å²) in [4.78, 5) is 0. The van der Waals surface area contributed by atoms with Crippen molar-refractivity contribution in [3.05, 3.63) is 41.5 Å². The highest BCUT2D eigenvalue weighted by molar-refractivity contribution is 5.66. The number of hydrogen-bond donors (Lipinski definition) is 0. The normalized spacial score (nSPS) is 19.5. The lowest BCUT2D eigenvalue weighted by Crippen LogP contribution is -2.04. The van der Waals surface area contributed by atoms with E-state index in [1.807, 2.05) is 12.1 Å². The Labute approximate surface area is 105 Å². The first-order chi connectivity index (χ1) is 8.33. The summed E-state index contributed by atoms with van der Waals surface area (Å²) in [5, 5.41) is 0. The molecule has 1 aromatic carbocycles. The molecule has 0 N–H and O–H groups in total. The van der Waals surface area contributed by atoms with Crippen molar-refractivity contribution in [3.8, 4) is 12.3 Å². The summed E-state index contributed by atoms with van der Waals surface area (Å²) in [6.07, 6.45) is 14.3. The molecule has 0 aliphatic heterocycles. The molecule has 0 aromatic heterocycles. The monoisotopic (exact) mass is 224 g/mol. The van der Waals surface area contributed by atoms with Crippen molar-refractivity contribution in [3.63, 3.8) is 0 Å². The van der Waals surface area contributed by atoms with Gasteiger partial charge in [0.15, 0.2) is 0 Å². The molecule has 1 aromatic rings. The van der Waals surface area contributed by atoms with Gasteiger partial charge < -0.3 is 0 Å². The third kappa shape index (κ3) is 3.01. The smallest absolute Gasteiger partial charge is 0.0243 e. The van der Waals surface area contributed by atoms with Crippen LogP contribution in [-0.4, -0.2) is 0 Å². The Morgan fingerprint density at radius 3 is 2.59 bits per heavy atom. The molecule has 1 aliphatic rings. The van der Waals surface area contributed by atoms with Gasteiger partial charge in [-0.1, -0.05) is 43.9 Å². The maximum Gasteiger partial charge on any atom is 0.0243 e. The minimum atomic E-state index is 0.911. The zero-order chi connectivity index (χ0) is 12.1. The molecule has 0 spiro atoms. The first kappa shape index (κ1) is 12.0. The molecule has 0 nitrogen and oxygen atoms in total. The molecule has 0 saturated heterocycles. The third-order valence-electron chi connectivity index (χ3n) is 3.64. The molecule has 0 radical (unpaired) electrons. The van der Waals surface area contributed by atoms with Crippen LogP contribution in [0.25, 0.3) is 5.57 Å². The maximum atomic E-state index is 5.37. The molecular formula is C17H20. The highest BCUT2D eigenvalue weighted by atomic mass is 14.2. The van der Waals surface area contributed by atoms with Gasteiger partial charge in [0, 0.05) is 5.56 Å². The van der Waals surface area contributed by atoms with E-state index >= 15 is 0 Å². The predicted octanol–water partition coefficient (Wildman–Crippen LogP) is 4.65. The van der Waals surface area contributed by atoms with E-state index in [0.717, 1.165) is 11.5 Å². The van der Waals surface area contributed by atoms with Gasteiger partial charge in [-0.05, 0) is 48.4 Å². The summed E-state index contributed by atoms with van der Waals surface area (Å²) < 4.78 is 0. The van der Waals surface area contributed by atoms with Crippen LogP contribution in [0.5, 0.6) is 0 Å². The predicted molar refractivity (Wildman–Crippen MR) is 74.6 cm³/mol. The lowest BCUT2D eigenvalue weighted by Gasteiger charge is -2.21. The van der Waals surface area contributed by atoms with E-state index in [-0.39, 0.29) is 0 Å². The van der Waals surface area contributed by atoms with Gasteiger partial charge in [-0.2, -0.15) is 0 Å². The maximum absolute atomic E-state index is 5.37. The van der Waals surface area contributed by atoms with Crippen molar-refractivity contribution in [2.45, 2.75) is 39.0 Å². The molecule has 1 unspecified atom stereocenters. The molecule has 2 rings (SSSR count). The summed E-state index contributed by atoms with van der Waals surface area (Å²) in [7, 11) is 0. The van der Waals surface area contributed by atoms with Crippen LogP contribution in [-0.2, 0) is 0 Å². The van der Waals surface area contributed by atoms with Crippen LogP contribution in [0.2, 0.25) is 0 Å². The number of allylic oxidation sites excluding steroid dienone is 2. The molecule has 1 aliphatic carbocycles. The van der Waals surface area contributed by atoms with E-state index in [1.54, 1.807) is 0 Å². The molecule has 0 fully saturated rings. The molecule has 0 saturated carbocycles. The summed E-state index contributed by atoms with van der Waals surface area (Å²) in [5.74, 6) is 3.57. The second kappa shape index (κ2) is 5.73. The van der Waals surface area contributed by atoms with Crippen molar-refractivity contribution in [2.24, 2.45) is 5.92 Å². The van der Waals surface area contributed by atoms with E-state index < -0.39 is 0 Å². The van der Waals surface area contributed by atoms with Gasteiger partial charge in [0.2, 0.25) is 0 Å². The van der Waals surface area contributed by atoms with Crippen molar-refractivity contribution >= 4 is 5.57 Å². The van der Waals surface area contributed by atoms with Gasteiger partial charge in [0.05, 0.1) is 0 Å². The highest BCUT2D eigenvalue weighted by Crippen LogP contribution is 2.32. The molecule has 0 heterocycles. The van der Waals surface area contributed by atoms with E-state index in [9.17, 15) is 0 Å². The van der Waals surface area contributed by atoms with Gasteiger partial charge in [-0.25, -0.2) is 0 Å². The Hall–Kier alpha value is -1.48. The number of terminal acetylenes is 1. The van der Waals surface area contributed by atoms with Gasteiger partial charge in [0.1, 0.15) is 0 Å². The fourth-order valence-corrected chi connectivity index (χ4v) is 2.60. The molecular weight excluding hydrogens is 204 g/mol. The van der Waals surface area contributed by atoms with Crippen LogP contribution in [0.4, 0.5) is 0 Å². The standard InChI is InChI=1S/C17H20/c1-3-5-15-8-12-17(13-9-15)16-10-6-14(4-2)7-11-16/h2,6-7,10-12,15H,3,5,8-9,13H2,1H3. The molecule has 88 valence electrons. The van der Waals surface area contributed by atoms with Crippen LogP contribution in [0, 0.1) is 18.3 Å². The zero-order valence-electron chi connectivity index (χ0n) is 10.6. The van der Waals surface area contributed by atoms with E-state index in [0.29, 0.717) is 0 Å². The average Bonchev–Trinajstić information content (AvgIpc) is 2.40. The second-order valence-electron chi connectivity index (χ2n) is 4.88. The van der Waals surface area contributed by atoms with Crippen LogP contribution < -0.4 is 0 Å². The van der Waals surface area contributed by atoms with E-state index in [2.05, 4.69) is 31.1 Å². The summed E-state index contributed by atoms with van der Waals surface area (Å²) in [6, 6.07) is 8.38. The average molecular weight is 224 g/mol. The van der Waals surface area contributed by atoms with Gasteiger partial charge in [-0.15, -0.1) is 6.42 Å². The van der Waals surface area contributed by atoms with Gasteiger partial charge >= 0.3 is 0 Å². The number of hydrogen-bond acceptors (Lipinski definition) is 0. The van der Waals surface area contributed by atoms with Crippen LogP contribution >= 0.6 is 0 Å². The van der Waals surface area contributed by atoms with Gasteiger partial charge in [-0.3, -0.25) is 0 Å². The SMILES string of the molecule is C#Cc1ccc(C2=CCC(CCC)CC2)cc1. The Bertz CT molecular complexity index is 428. The Kier molecular flexibility index (Phi) is 4.04. The zero-order valence-corrected chi connectivity index (χ0v) is 10.6. The molecule has 0 heteroatoms. The minimum Gasteiger partial charge on any atom is -0.115 e. The fraction of sp³-hybridized carbons (Fsp3) is 0.412. The molecule has 0 amide bonds. The van der Waals surface area contributed by atoms with E-state index in [1.165, 1.54) is 43.2 Å². The molecule has 17 heavy (non-hydrogen) atoms. The second-order valence-corrected chi connectivity index (χ2v) is 4.88. The summed E-state index contributed by atoms with van der Waals surface area (Å²) in [6.45, 7) is 2.28.